The van der Waals surface area contributed by atoms with Crippen LogP contribution in [0.1, 0.15) is 12.8 Å². The number of carbonyl (C=O) groups excluding carboxylic acids is 1. The van der Waals surface area contributed by atoms with E-state index in [9.17, 15) is 4.79 Å². The van der Waals surface area contributed by atoms with Crippen molar-refractivity contribution in [2.45, 2.75) is 12.8 Å². The highest BCUT2D eigenvalue weighted by Crippen LogP contribution is 2.19. The molecular weight excluding hydrogens is 266 g/mol. The Labute approximate surface area is 124 Å². The van der Waals surface area contributed by atoms with Gasteiger partial charge < -0.3 is 14.8 Å². The van der Waals surface area contributed by atoms with Crippen LogP contribution in [-0.4, -0.2) is 19.7 Å². The third-order valence-corrected chi connectivity index (χ3v) is 2.94. The van der Waals surface area contributed by atoms with Gasteiger partial charge in [-0.1, -0.05) is 18.2 Å². The zero-order valence-corrected chi connectivity index (χ0v) is 12.0. The van der Waals surface area contributed by atoms with Crippen LogP contribution >= 0.6 is 0 Å². The number of benzene rings is 2. The molecule has 0 saturated carbocycles. The van der Waals surface area contributed by atoms with Gasteiger partial charge in [0.1, 0.15) is 5.75 Å². The summed E-state index contributed by atoms with van der Waals surface area (Å²) in [5, 5.41) is 3.30. The zero-order valence-electron chi connectivity index (χ0n) is 12.0. The van der Waals surface area contributed by atoms with E-state index in [2.05, 4.69) is 10.1 Å². The van der Waals surface area contributed by atoms with Gasteiger partial charge in [0.2, 0.25) is 0 Å². The fraction of sp³-hybridized carbons (Fsp3) is 0.235. The molecule has 0 amide bonds. The minimum Gasteiger partial charge on any atom is -0.494 e. The Morgan fingerprint density at radius 3 is 2.33 bits per heavy atom. The Balaban J connectivity index is 1.78. The van der Waals surface area contributed by atoms with Gasteiger partial charge in [-0.3, -0.25) is 4.79 Å². The lowest BCUT2D eigenvalue weighted by Gasteiger charge is -2.08. The van der Waals surface area contributed by atoms with Gasteiger partial charge in [-0.2, -0.15) is 0 Å². The molecular formula is C17H19NO3. The second kappa shape index (κ2) is 7.94. The van der Waals surface area contributed by atoms with E-state index in [-0.39, 0.29) is 5.97 Å². The Bertz CT molecular complexity index is 552. The summed E-state index contributed by atoms with van der Waals surface area (Å²) in [6, 6.07) is 17.7. The molecule has 2 aromatic carbocycles. The van der Waals surface area contributed by atoms with E-state index in [4.69, 9.17) is 4.74 Å². The summed E-state index contributed by atoms with van der Waals surface area (Å²) in [6.07, 6.45) is 1.03. The first-order valence-corrected chi connectivity index (χ1v) is 6.89. The van der Waals surface area contributed by atoms with Gasteiger partial charge >= 0.3 is 5.97 Å². The highest BCUT2D eigenvalue weighted by molar-refractivity contribution is 5.69. The summed E-state index contributed by atoms with van der Waals surface area (Å²) in [4.78, 5) is 11.0. The molecule has 0 radical (unpaired) electrons. The van der Waals surface area contributed by atoms with Crippen molar-refractivity contribution in [3.63, 3.8) is 0 Å². The van der Waals surface area contributed by atoms with Gasteiger partial charge in [-0.15, -0.1) is 0 Å². The molecule has 2 rings (SSSR count). The first-order chi connectivity index (χ1) is 10.3. The fourth-order valence-electron chi connectivity index (χ4n) is 1.83. The molecule has 4 nitrogen and oxygen atoms in total. The van der Waals surface area contributed by atoms with Gasteiger partial charge in [0.25, 0.3) is 0 Å². The topological polar surface area (TPSA) is 47.6 Å². The number of hydrogen-bond donors (Lipinski definition) is 1. The number of ether oxygens (including phenoxy) is 2. The molecule has 0 fully saturated rings. The van der Waals surface area contributed by atoms with E-state index >= 15 is 0 Å². The summed E-state index contributed by atoms with van der Waals surface area (Å²) >= 11 is 0. The number of hydrogen-bond acceptors (Lipinski definition) is 4. The molecule has 0 aliphatic heterocycles. The minimum absolute atomic E-state index is 0.207. The van der Waals surface area contributed by atoms with Gasteiger partial charge in [-0.25, -0.2) is 0 Å². The van der Waals surface area contributed by atoms with Gasteiger partial charge in [0.15, 0.2) is 0 Å². The Kier molecular flexibility index (Phi) is 5.64. The number of carbonyl (C=O) groups is 1. The molecule has 0 unspecified atom stereocenters. The average molecular weight is 285 g/mol. The smallest absolute Gasteiger partial charge is 0.305 e. The second-order valence-electron chi connectivity index (χ2n) is 4.54. The van der Waals surface area contributed by atoms with E-state index in [1.165, 1.54) is 7.11 Å². The van der Waals surface area contributed by atoms with E-state index in [0.29, 0.717) is 19.4 Å². The maximum atomic E-state index is 11.0. The lowest BCUT2D eigenvalue weighted by atomic mass is 10.2. The van der Waals surface area contributed by atoms with Crippen molar-refractivity contribution in [3.8, 4) is 5.75 Å². The largest absolute Gasteiger partial charge is 0.494 e. The highest BCUT2D eigenvalue weighted by atomic mass is 16.5. The van der Waals surface area contributed by atoms with Crippen molar-refractivity contribution in [2.24, 2.45) is 0 Å². The number of rotatable bonds is 7. The maximum absolute atomic E-state index is 11.0. The summed E-state index contributed by atoms with van der Waals surface area (Å²) in [5.74, 6) is 0.583. The predicted molar refractivity (Wildman–Crippen MR) is 82.9 cm³/mol. The van der Waals surface area contributed by atoms with Crippen LogP contribution in [0.25, 0.3) is 0 Å². The fourth-order valence-corrected chi connectivity index (χ4v) is 1.83. The lowest BCUT2D eigenvalue weighted by molar-refractivity contribution is -0.140. The van der Waals surface area contributed by atoms with Crippen molar-refractivity contribution < 1.29 is 14.3 Å². The Morgan fingerprint density at radius 2 is 1.67 bits per heavy atom. The second-order valence-corrected chi connectivity index (χ2v) is 4.54. The normalized spacial score (nSPS) is 9.95. The molecule has 0 aliphatic rings. The van der Waals surface area contributed by atoms with E-state index in [1.54, 1.807) is 0 Å². The number of nitrogens with one attached hydrogen (secondary N) is 1. The molecule has 21 heavy (non-hydrogen) atoms. The summed E-state index contributed by atoms with van der Waals surface area (Å²) < 4.78 is 10.1. The average Bonchev–Trinajstić information content (AvgIpc) is 2.54. The molecule has 1 N–H and O–H groups in total. The molecule has 0 spiro atoms. The number of esters is 1. The van der Waals surface area contributed by atoms with Crippen molar-refractivity contribution in [2.75, 3.05) is 19.0 Å². The third kappa shape index (κ3) is 5.18. The van der Waals surface area contributed by atoms with Crippen molar-refractivity contribution >= 4 is 17.3 Å². The molecule has 0 atom stereocenters. The van der Waals surface area contributed by atoms with Crippen LogP contribution in [0.2, 0.25) is 0 Å². The van der Waals surface area contributed by atoms with Gasteiger partial charge in [-0.05, 0) is 42.8 Å². The summed E-state index contributed by atoms with van der Waals surface area (Å²) in [6.45, 7) is 0.501. The molecule has 0 bridgehead atoms. The van der Waals surface area contributed by atoms with Crippen LogP contribution in [0.5, 0.6) is 5.75 Å². The number of methoxy groups -OCH3 is 1. The van der Waals surface area contributed by atoms with Crippen LogP contribution in [-0.2, 0) is 9.53 Å². The number of anilines is 2. The summed E-state index contributed by atoms with van der Waals surface area (Å²) in [5.41, 5.74) is 2.05. The molecule has 2 aromatic rings. The van der Waals surface area contributed by atoms with E-state index in [0.717, 1.165) is 17.1 Å². The molecule has 4 heteroatoms. The first-order valence-electron chi connectivity index (χ1n) is 6.89. The Morgan fingerprint density at radius 1 is 1.00 bits per heavy atom. The van der Waals surface area contributed by atoms with Crippen molar-refractivity contribution in [1.29, 1.82) is 0 Å². The van der Waals surface area contributed by atoms with Crippen LogP contribution in [0.15, 0.2) is 54.6 Å². The zero-order chi connectivity index (χ0) is 14.9. The molecule has 0 aromatic heterocycles. The molecule has 0 saturated heterocycles. The third-order valence-electron chi connectivity index (χ3n) is 2.94. The van der Waals surface area contributed by atoms with Gasteiger partial charge in [0.05, 0.1) is 13.7 Å². The first kappa shape index (κ1) is 14.9. The molecule has 0 aliphatic carbocycles. The molecule has 110 valence electrons. The summed E-state index contributed by atoms with van der Waals surface area (Å²) in [7, 11) is 1.39. The van der Waals surface area contributed by atoms with E-state index < -0.39 is 0 Å². The molecule has 0 heterocycles. The van der Waals surface area contributed by atoms with Crippen molar-refractivity contribution in [3.05, 3.63) is 54.6 Å². The number of para-hydroxylation sites is 1. The maximum Gasteiger partial charge on any atom is 0.305 e. The van der Waals surface area contributed by atoms with Crippen LogP contribution in [0.4, 0.5) is 11.4 Å². The predicted octanol–water partition coefficient (Wildman–Crippen LogP) is 3.76. The standard InChI is InChI=1S/C17H19NO3/c1-20-17(19)8-5-13-21-16-11-9-15(10-12-16)18-14-6-3-2-4-7-14/h2-4,6-7,9-12,18H,5,8,13H2,1H3. The van der Waals surface area contributed by atoms with Crippen LogP contribution in [0, 0.1) is 0 Å². The lowest BCUT2D eigenvalue weighted by Crippen LogP contribution is -2.04. The van der Waals surface area contributed by atoms with E-state index in [1.807, 2.05) is 54.6 Å². The minimum atomic E-state index is -0.207. The highest BCUT2D eigenvalue weighted by Gasteiger charge is 2.00. The van der Waals surface area contributed by atoms with Gasteiger partial charge in [0, 0.05) is 17.8 Å². The quantitative estimate of drug-likeness (QED) is 0.621. The van der Waals surface area contributed by atoms with Crippen molar-refractivity contribution in [1.82, 2.24) is 0 Å². The van der Waals surface area contributed by atoms with Crippen LogP contribution < -0.4 is 10.1 Å². The van der Waals surface area contributed by atoms with Crippen LogP contribution in [0.3, 0.4) is 0 Å². The SMILES string of the molecule is COC(=O)CCCOc1ccc(Nc2ccccc2)cc1. The monoisotopic (exact) mass is 285 g/mol. The Hall–Kier alpha value is -2.49.